The maximum absolute atomic E-state index is 12.4. The standard InChI is InChI=1S/C15H32N2O2S/c1-5-7-8-15(6-2)10-16-20(18,19)17-11-13(3)9-14(4)12-17/h13-16H,5-12H2,1-4H3. The smallest absolute Gasteiger partial charge is 0.202 e. The van der Waals surface area contributed by atoms with Gasteiger partial charge in [0.2, 0.25) is 0 Å². The SMILES string of the molecule is CCCCC(CC)CNS(=O)(=O)N1CC(C)CC(C)C1. The summed E-state index contributed by atoms with van der Waals surface area (Å²) in [5.74, 6) is 1.37. The minimum atomic E-state index is -3.30. The van der Waals surface area contributed by atoms with E-state index in [0.717, 1.165) is 19.3 Å². The first-order valence-electron chi connectivity index (χ1n) is 8.13. The van der Waals surface area contributed by atoms with E-state index in [0.29, 0.717) is 37.4 Å². The highest BCUT2D eigenvalue weighted by Gasteiger charge is 2.30. The minimum absolute atomic E-state index is 0.456. The van der Waals surface area contributed by atoms with Crippen molar-refractivity contribution in [3.63, 3.8) is 0 Å². The average Bonchev–Trinajstić information content (AvgIpc) is 2.38. The van der Waals surface area contributed by atoms with E-state index in [2.05, 4.69) is 32.4 Å². The van der Waals surface area contributed by atoms with Crippen molar-refractivity contribution in [1.29, 1.82) is 0 Å². The number of nitrogens with zero attached hydrogens (tertiary/aromatic N) is 1. The molecule has 0 amide bonds. The Morgan fingerprint density at radius 1 is 1.20 bits per heavy atom. The lowest BCUT2D eigenvalue weighted by Gasteiger charge is -2.34. The van der Waals surface area contributed by atoms with Gasteiger partial charge in [0.15, 0.2) is 0 Å². The highest BCUT2D eigenvalue weighted by Crippen LogP contribution is 2.23. The molecule has 1 fully saturated rings. The van der Waals surface area contributed by atoms with E-state index >= 15 is 0 Å². The molecule has 1 aliphatic rings. The van der Waals surface area contributed by atoms with Crippen molar-refractivity contribution in [1.82, 2.24) is 9.03 Å². The van der Waals surface area contributed by atoms with Crippen LogP contribution in [0.1, 0.15) is 59.8 Å². The Balaban J connectivity index is 2.51. The van der Waals surface area contributed by atoms with Crippen molar-refractivity contribution in [2.24, 2.45) is 17.8 Å². The van der Waals surface area contributed by atoms with E-state index < -0.39 is 10.2 Å². The van der Waals surface area contributed by atoms with Crippen LogP contribution in [-0.4, -0.2) is 32.4 Å². The van der Waals surface area contributed by atoms with Crippen molar-refractivity contribution < 1.29 is 8.42 Å². The molecule has 120 valence electrons. The molecule has 0 aromatic rings. The van der Waals surface area contributed by atoms with Gasteiger partial charge in [0.25, 0.3) is 10.2 Å². The summed E-state index contributed by atoms with van der Waals surface area (Å²) in [4.78, 5) is 0. The third kappa shape index (κ3) is 5.70. The quantitative estimate of drug-likeness (QED) is 0.749. The molecule has 1 saturated heterocycles. The van der Waals surface area contributed by atoms with Crippen LogP contribution < -0.4 is 4.72 Å². The lowest BCUT2D eigenvalue weighted by Crippen LogP contribution is -2.48. The minimum Gasteiger partial charge on any atom is -0.202 e. The summed E-state index contributed by atoms with van der Waals surface area (Å²) >= 11 is 0. The van der Waals surface area contributed by atoms with E-state index in [1.807, 2.05) is 0 Å². The predicted octanol–water partition coefficient (Wildman–Crippen LogP) is 3.02. The molecule has 1 rings (SSSR count). The van der Waals surface area contributed by atoms with Gasteiger partial charge in [-0.2, -0.15) is 12.7 Å². The third-order valence-corrected chi connectivity index (χ3v) is 5.78. The summed E-state index contributed by atoms with van der Waals surface area (Å²) in [6.45, 7) is 10.5. The summed E-state index contributed by atoms with van der Waals surface area (Å²) in [5, 5.41) is 0. The average molecular weight is 305 g/mol. The normalized spacial score (nSPS) is 26.6. The monoisotopic (exact) mass is 304 g/mol. The number of nitrogens with one attached hydrogen (secondary N) is 1. The largest absolute Gasteiger partial charge is 0.279 e. The van der Waals surface area contributed by atoms with Crippen molar-refractivity contribution in [2.75, 3.05) is 19.6 Å². The molecule has 20 heavy (non-hydrogen) atoms. The Bertz CT molecular complexity index is 360. The molecule has 0 bridgehead atoms. The fourth-order valence-corrected chi connectivity index (χ4v) is 4.59. The van der Waals surface area contributed by atoms with E-state index in [1.54, 1.807) is 4.31 Å². The summed E-state index contributed by atoms with van der Waals surface area (Å²) < 4.78 is 29.2. The lowest BCUT2D eigenvalue weighted by atomic mass is 9.94. The molecule has 3 unspecified atom stereocenters. The highest BCUT2D eigenvalue weighted by atomic mass is 32.2. The first-order chi connectivity index (χ1) is 9.39. The van der Waals surface area contributed by atoms with E-state index in [4.69, 9.17) is 0 Å². The van der Waals surface area contributed by atoms with E-state index in [1.165, 1.54) is 12.8 Å². The van der Waals surface area contributed by atoms with Gasteiger partial charge in [-0.25, -0.2) is 4.72 Å². The zero-order chi connectivity index (χ0) is 15.2. The molecule has 0 aromatic heterocycles. The van der Waals surface area contributed by atoms with Crippen LogP contribution in [0.25, 0.3) is 0 Å². The molecular weight excluding hydrogens is 272 g/mol. The first kappa shape index (κ1) is 17.9. The lowest BCUT2D eigenvalue weighted by molar-refractivity contribution is 0.220. The van der Waals surface area contributed by atoms with Crippen LogP contribution >= 0.6 is 0 Å². The molecule has 0 aromatic carbocycles. The number of unbranched alkanes of at least 4 members (excludes halogenated alkanes) is 1. The molecular formula is C15H32N2O2S. The fraction of sp³-hybridized carbons (Fsp3) is 1.00. The Kier molecular flexibility index (Phi) is 7.48. The fourth-order valence-electron chi connectivity index (χ4n) is 3.06. The van der Waals surface area contributed by atoms with E-state index in [9.17, 15) is 8.42 Å². The third-order valence-electron chi connectivity index (χ3n) is 4.27. The van der Waals surface area contributed by atoms with Crippen molar-refractivity contribution in [3.8, 4) is 0 Å². The second-order valence-corrected chi connectivity index (χ2v) is 8.29. The van der Waals surface area contributed by atoms with Crippen molar-refractivity contribution >= 4 is 10.2 Å². The Morgan fingerprint density at radius 2 is 1.80 bits per heavy atom. The molecule has 0 spiro atoms. The van der Waals surface area contributed by atoms with Gasteiger partial charge in [0, 0.05) is 19.6 Å². The first-order valence-corrected chi connectivity index (χ1v) is 9.57. The van der Waals surface area contributed by atoms with Crippen molar-refractivity contribution in [2.45, 2.75) is 59.8 Å². The Labute approximate surface area is 125 Å². The second kappa shape index (κ2) is 8.35. The number of piperidine rings is 1. The maximum atomic E-state index is 12.4. The van der Waals surface area contributed by atoms with Crippen LogP contribution in [-0.2, 0) is 10.2 Å². The Hall–Kier alpha value is -0.130. The highest BCUT2D eigenvalue weighted by molar-refractivity contribution is 7.87. The summed E-state index contributed by atoms with van der Waals surface area (Å²) in [7, 11) is -3.30. The van der Waals surface area contributed by atoms with Gasteiger partial charge in [0.1, 0.15) is 0 Å². The molecule has 1 heterocycles. The summed E-state index contributed by atoms with van der Waals surface area (Å²) in [6, 6.07) is 0. The van der Waals surface area contributed by atoms with Gasteiger partial charge < -0.3 is 0 Å². The van der Waals surface area contributed by atoms with Crippen LogP contribution in [0, 0.1) is 17.8 Å². The number of hydrogen-bond donors (Lipinski definition) is 1. The number of rotatable bonds is 8. The van der Waals surface area contributed by atoms with Crippen LogP contribution in [0.4, 0.5) is 0 Å². The van der Waals surface area contributed by atoms with Gasteiger partial charge in [-0.3, -0.25) is 0 Å². The van der Waals surface area contributed by atoms with Gasteiger partial charge in [-0.1, -0.05) is 47.0 Å². The Morgan fingerprint density at radius 3 is 2.30 bits per heavy atom. The molecule has 0 radical (unpaired) electrons. The topological polar surface area (TPSA) is 49.4 Å². The summed E-state index contributed by atoms with van der Waals surface area (Å²) in [6.07, 6.45) is 5.63. The summed E-state index contributed by atoms with van der Waals surface area (Å²) in [5.41, 5.74) is 0. The van der Waals surface area contributed by atoms with Gasteiger partial charge >= 0.3 is 0 Å². The van der Waals surface area contributed by atoms with E-state index in [-0.39, 0.29) is 0 Å². The molecule has 3 atom stereocenters. The van der Waals surface area contributed by atoms with Crippen LogP contribution in [0.2, 0.25) is 0 Å². The van der Waals surface area contributed by atoms with Gasteiger partial charge in [-0.05, 0) is 30.6 Å². The van der Waals surface area contributed by atoms with Crippen molar-refractivity contribution in [3.05, 3.63) is 0 Å². The zero-order valence-corrected chi connectivity index (χ0v) is 14.4. The second-order valence-electron chi connectivity index (χ2n) is 6.53. The molecule has 0 saturated carbocycles. The predicted molar refractivity (Wildman–Crippen MR) is 84.7 cm³/mol. The van der Waals surface area contributed by atoms with Gasteiger partial charge in [-0.15, -0.1) is 0 Å². The van der Waals surface area contributed by atoms with Crippen LogP contribution in [0.5, 0.6) is 0 Å². The van der Waals surface area contributed by atoms with Crippen LogP contribution in [0.3, 0.4) is 0 Å². The molecule has 4 nitrogen and oxygen atoms in total. The van der Waals surface area contributed by atoms with Crippen LogP contribution in [0.15, 0.2) is 0 Å². The van der Waals surface area contributed by atoms with Gasteiger partial charge in [0.05, 0.1) is 0 Å². The molecule has 1 aliphatic heterocycles. The zero-order valence-electron chi connectivity index (χ0n) is 13.6. The molecule has 5 heteroatoms. The molecule has 1 N–H and O–H groups in total. The number of hydrogen-bond acceptors (Lipinski definition) is 2. The maximum Gasteiger partial charge on any atom is 0.279 e. The molecule has 0 aliphatic carbocycles.